The number of allylic oxidation sites excluding steroid dienone is 2. The van der Waals surface area contributed by atoms with Crippen molar-refractivity contribution in [1.29, 1.82) is 5.26 Å². The minimum atomic E-state index is 0.380. The molecule has 5 heteroatoms. The largest absolute Gasteiger partial charge is 0.398 e. The fourth-order valence-corrected chi connectivity index (χ4v) is 1.92. The Kier molecular flexibility index (Phi) is 4.11. The van der Waals surface area contributed by atoms with E-state index in [1.54, 1.807) is 20.4 Å². The highest BCUT2D eigenvalue weighted by molar-refractivity contribution is 7.11. The Balaban J connectivity index is 3.12. The zero-order valence-electron chi connectivity index (χ0n) is 9.23. The second-order valence-corrected chi connectivity index (χ2v) is 4.02. The lowest BCUT2D eigenvalue weighted by Gasteiger charge is -2.12. The average Bonchev–Trinajstić information content (AvgIpc) is 2.71. The Hall–Kier alpha value is -1.77. The zero-order valence-corrected chi connectivity index (χ0v) is 10.0. The Morgan fingerprint density at radius 2 is 2.44 bits per heavy atom. The van der Waals surface area contributed by atoms with Crippen LogP contribution in [0, 0.1) is 11.3 Å². The van der Waals surface area contributed by atoms with Gasteiger partial charge in [-0.1, -0.05) is 6.58 Å². The van der Waals surface area contributed by atoms with Crippen LogP contribution in [0.15, 0.2) is 29.8 Å². The van der Waals surface area contributed by atoms with Crippen molar-refractivity contribution < 1.29 is 4.84 Å². The molecular weight excluding hydrogens is 222 g/mol. The molecule has 0 aromatic carbocycles. The van der Waals surface area contributed by atoms with E-state index in [4.69, 9.17) is 15.8 Å². The maximum absolute atomic E-state index is 8.88. The van der Waals surface area contributed by atoms with Gasteiger partial charge in [0.25, 0.3) is 0 Å². The lowest BCUT2D eigenvalue weighted by molar-refractivity contribution is -0.0639. The molecule has 0 spiro atoms. The first-order chi connectivity index (χ1) is 7.58. The molecule has 0 fully saturated rings. The van der Waals surface area contributed by atoms with E-state index in [1.807, 2.05) is 17.5 Å². The summed E-state index contributed by atoms with van der Waals surface area (Å²) in [6, 6.07) is 3.83. The lowest BCUT2D eigenvalue weighted by Crippen LogP contribution is -2.09. The fourth-order valence-electron chi connectivity index (χ4n) is 1.08. The molecule has 1 aromatic heterocycles. The van der Waals surface area contributed by atoms with Crippen LogP contribution in [0.1, 0.15) is 4.88 Å². The summed E-state index contributed by atoms with van der Waals surface area (Å²) in [5.41, 5.74) is 7.42. The van der Waals surface area contributed by atoms with Crippen molar-refractivity contribution in [3.05, 3.63) is 34.7 Å². The van der Waals surface area contributed by atoms with Gasteiger partial charge in [0.15, 0.2) is 0 Å². The molecule has 0 bridgehead atoms. The third kappa shape index (κ3) is 2.86. The van der Waals surface area contributed by atoms with Crippen LogP contribution < -0.4 is 5.73 Å². The van der Waals surface area contributed by atoms with E-state index in [0.717, 1.165) is 4.88 Å². The van der Waals surface area contributed by atoms with Gasteiger partial charge in [-0.15, -0.1) is 11.3 Å². The average molecular weight is 235 g/mol. The Labute approximate surface area is 98.8 Å². The number of anilines is 1. The maximum Gasteiger partial charge on any atom is 0.0992 e. The Morgan fingerprint density at radius 3 is 2.88 bits per heavy atom. The minimum absolute atomic E-state index is 0.380. The molecule has 0 amide bonds. The standard InChI is InChI=1S/C11H13N3OS/c1-8(5-12)10(6-14(2)15-3)11-4-9(13)7-16-11/h4,6-7H,1,13H2,2-3H3/b10-6+. The Bertz CT molecular complexity index is 456. The van der Waals surface area contributed by atoms with Gasteiger partial charge in [0.05, 0.1) is 18.8 Å². The van der Waals surface area contributed by atoms with Crippen molar-refractivity contribution in [1.82, 2.24) is 5.06 Å². The van der Waals surface area contributed by atoms with Crippen molar-refractivity contribution >= 4 is 22.6 Å². The normalized spacial score (nSPS) is 10.9. The highest BCUT2D eigenvalue weighted by atomic mass is 32.1. The van der Waals surface area contributed by atoms with Crippen LogP contribution in [0.2, 0.25) is 0 Å². The summed E-state index contributed by atoms with van der Waals surface area (Å²) in [4.78, 5) is 5.88. The highest BCUT2D eigenvalue weighted by Crippen LogP contribution is 2.29. The molecule has 4 nitrogen and oxygen atoms in total. The van der Waals surface area contributed by atoms with Gasteiger partial charge in [-0.2, -0.15) is 5.26 Å². The minimum Gasteiger partial charge on any atom is -0.398 e. The topological polar surface area (TPSA) is 62.3 Å². The van der Waals surface area contributed by atoms with Crippen molar-refractivity contribution in [2.75, 3.05) is 19.9 Å². The van der Waals surface area contributed by atoms with E-state index in [9.17, 15) is 0 Å². The molecule has 0 radical (unpaired) electrons. The summed E-state index contributed by atoms with van der Waals surface area (Å²) in [5, 5.41) is 12.2. The van der Waals surface area contributed by atoms with Gasteiger partial charge in [-0.05, 0) is 6.07 Å². The van der Waals surface area contributed by atoms with E-state index < -0.39 is 0 Å². The summed E-state index contributed by atoms with van der Waals surface area (Å²) in [6.07, 6.45) is 1.71. The van der Waals surface area contributed by atoms with E-state index in [2.05, 4.69) is 6.58 Å². The second-order valence-electron chi connectivity index (χ2n) is 3.11. The molecule has 0 aliphatic heterocycles. The molecule has 16 heavy (non-hydrogen) atoms. The van der Waals surface area contributed by atoms with Crippen LogP contribution in [0.4, 0.5) is 5.69 Å². The number of nitrogens with zero attached hydrogens (tertiary/aromatic N) is 2. The van der Waals surface area contributed by atoms with Crippen LogP contribution in [-0.2, 0) is 4.84 Å². The predicted molar refractivity (Wildman–Crippen MR) is 66.2 cm³/mol. The van der Waals surface area contributed by atoms with E-state index >= 15 is 0 Å². The van der Waals surface area contributed by atoms with Crippen molar-refractivity contribution in [3.63, 3.8) is 0 Å². The quantitative estimate of drug-likeness (QED) is 0.494. The maximum atomic E-state index is 8.88. The van der Waals surface area contributed by atoms with Gasteiger partial charge < -0.3 is 5.73 Å². The third-order valence-corrected chi connectivity index (χ3v) is 2.93. The monoisotopic (exact) mass is 235 g/mol. The highest BCUT2D eigenvalue weighted by Gasteiger charge is 2.09. The van der Waals surface area contributed by atoms with Gasteiger partial charge >= 0.3 is 0 Å². The summed E-state index contributed by atoms with van der Waals surface area (Å²) in [5.74, 6) is 0. The van der Waals surface area contributed by atoms with Crippen molar-refractivity contribution in [2.45, 2.75) is 0 Å². The molecule has 1 rings (SSSR count). The molecule has 1 heterocycles. The summed E-state index contributed by atoms with van der Waals surface area (Å²) >= 11 is 1.47. The zero-order chi connectivity index (χ0) is 12.1. The predicted octanol–water partition coefficient (Wildman–Crippen LogP) is 2.24. The third-order valence-electron chi connectivity index (χ3n) is 1.94. The molecule has 0 saturated carbocycles. The molecule has 0 saturated heterocycles. The lowest BCUT2D eigenvalue weighted by atomic mass is 10.1. The van der Waals surface area contributed by atoms with Crippen LogP contribution in [-0.4, -0.2) is 19.2 Å². The first kappa shape index (κ1) is 12.3. The number of rotatable bonds is 4. The van der Waals surface area contributed by atoms with Gasteiger partial charge in [0.2, 0.25) is 0 Å². The first-order valence-corrected chi connectivity index (χ1v) is 5.39. The smallest absolute Gasteiger partial charge is 0.0992 e. The van der Waals surface area contributed by atoms with E-state index in [1.165, 1.54) is 16.4 Å². The molecule has 0 atom stereocenters. The van der Waals surface area contributed by atoms with Crippen LogP contribution in [0.3, 0.4) is 0 Å². The van der Waals surface area contributed by atoms with Gasteiger partial charge in [-0.25, -0.2) is 0 Å². The SMILES string of the molecule is C=C(C#N)/C(=C\N(C)OC)c1cc(N)cs1. The van der Waals surface area contributed by atoms with Gasteiger partial charge in [0, 0.05) is 34.8 Å². The van der Waals surface area contributed by atoms with Gasteiger partial charge in [0.1, 0.15) is 0 Å². The number of nitriles is 1. The van der Waals surface area contributed by atoms with E-state index in [-0.39, 0.29) is 0 Å². The molecule has 2 N–H and O–H groups in total. The molecule has 0 aliphatic carbocycles. The fraction of sp³-hybridized carbons (Fsp3) is 0.182. The van der Waals surface area contributed by atoms with E-state index in [0.29, 0.717) is 16.8 Å². The number of hydrogen-bond acceptors (Lipinski definition) is 5. The summed E-state index contributed by atoms with van der Waals surface area (Å²) in [7, 11) is 3.29. The van der Waals surface area contributed by atoms with Crippen molar-refractivity contribution in [3.8, 4) is 6.07 Å². The number of thiophene rings is 1. The number of nitrogens with two attached hydrogens (primary N) is 1. The number of hydroxylamine groups is 2. The Morgan fingerprint density at radius 1 is 1.75 bits per heavy atom. The molecule has 84 valence electrons. The summed E-state index contributed by atoms with van der Waals surface area (Å²) in [6.45, 7) is 3.70. The molecule has 1 aromatic rings. The number of hydrogen-bond donors (Lipinski definition) is 1. The van der Waals surface area contributed by atoms with Crippen LogP contribution in [0.5, 0.6) is 0 Å². The molecule has 0 aliphatic rings. The van der Waals surface area contributed by atoms with Crippen molar-refractivity contribution in [2.24, 2.45) is 0 Å². The number of nitrogen functional groups attached to an aromatic ring is 1. The first-order valence-electron chi connectivity index (χ1n) is 4.51. The van der Waals surface area contributed by atoms with Gasteiger partial charge in [-0.3, -0.25) is 9.90 Å². The second kappa shape index (κ2) is 5.35. The van der Waals surface area contributed by atoms with Crippen LogP contribution in [0.25, 0.3) is 5.57 Å². The summed E-state index contributed by atoms with van der Waals surface area (Å²) < 4.78 is 0. The van der Waals surface area contributed by atoms with Crippen LogP contribution >= 0.6 is 11.3 Å². The molecular formula is C11H13N3OS. The molecule has 0 unspecified atom stereocenters.